The topological polar surface area (TPSA) is 51.6 Å². The van der Waals surface area contributed by atoms with Crippen LogP contribution < -0.4 is 19.7 Å². The molecule has 1 aliphatic rings. The van der Waals surface area contributed by atoms with Crippen molar-refractivity contribution in [1.29, 1.82) is 0 Å². The Kier molecular flexibility index (Phi) is 5.39. The number of pyridine rings is 1. The molecule has 6 nitrogen and oxygen atoms in total. The molecule has 0 amide bonds. The van der Waals surface area contributed by atoms with Crippen LogP contribution in [0.1, 0.15) is 34.7 Å². The molecule has 1 aromatic carbocycles. The van der Waals surface area contributed by atoms with E-state index in [2.05, 4.69) is 46.7 Å². The zero-order valence-corrected chi connectivity index (χ0v) is 18.7. The molecule has 0 aliphatic carbocycles. The summed E-state index contributed by atoms with van der Waals surface area (Å²) in [4.78, 5) is 6.75. The molecule has 4 rings (SSSR count). The van der Waals surface area contributed by atoms with Crippen LogP contribution in [0.25, 0.3) is 0 Å². The van der Waals surface area contributed by atoms with Gasteiger partial charge in [-0.1, -0.05) is 6.07 Å². The van der Waals surface area contributed by atoms with Crippen molar-refractivity contribution >= 4 is 23.0 Å². The molecule has 0 saturated carbocycles. The highest BCUT2D eigenvalue weighted by atomic mass is 32.1. The number of anilines is 1. The molecule has 156 valence electrons. The number of aromatic nitrogens is 2. The lowest BCUT2D eigenvalue weighted by Gasteiger charge is -2.29. The van der Waals surface area contributed by atoms with Gasteiger partial charge in [0.25, 0.3) is 0 Å². The number of hydrogen-bond donors (Lipinski definition) is 1. The molecule has 3 aromatic rings. The van der Waals surface area contributed by atoms with E-state index in [4.69, 9.17) is 21.7 Å². The highest BCUT2D eigenvalue weighted by Gasteiger charge is 2.43. The molecule has 1 N–H and O–H groups in total. The van der Waals surface area contributed by atoms with Crippen LogP contribution in [-0.4, -0.2) is 28.9 Å². The van der Waals surface area contributed by atoms with Crippen molar-refractivity contribution in [3.63, 3.8) is 0 Å². The average molecular weight is 423 g/mol. The minimum absolute atomic E-state index is 0.0895. The van der Waals surface area contributed by atoms with Crippen molar-refractivity contribution in [2.45, 2.75) is 25.9 Å². The predicted molar refractivity (Wildman–Crippen MR) is 122 cm³/mol. The van der Waals surface area contributed by atoms with E-state index in [0.717, 1.165) is 22.9 Å². The van der Waals surface area contributed by atoms with Crippen molar-refractivity contribution in [3.8, 4) is 11.5 Å². The number of nitrogens with one attached hydrogen (secondary N) is 1. The Balaban J connectivity index is 1.92. The van der Waals surface area contributed by atoms with E-state index in [1.807, 2.05) is 42.6 Å². The fourth-order valence-corrected chi connectivity index (χ4v) is 4.44. The molecule has 0 spiro atoms. The monoisotopic (exact) mass is 422 g/mol. The lowest BCUT2D eigenvalue weighted by molar-refractivity contribution is 0.403. The fraction of sp³-hybridized carbons (Fsp3) is 0.304. The van der Waals surface area contributed by atoms with Gasteiger partial charge in [0, 0.05) is 30.7 Å². The number of thiocarbonyl (C=S) groups is 1. The summed E-state index contributed by atoms with van der Waals surface area (Å²) < 4.78 is 13.4. The van der Waals surface area contributed by atoms with E-state index >= 15 is 0 Å². The molecule has 7 heteroatoms. The van der Waals surface area contributed by atoms with E-state index in [9.17, 15) is 0 Å². The van der Waals surface area contributed by atoms with E-state index in [-0.39, 0.29) is 12.1 Å². The Hall–Kier alpha value is -3.06. The van der Waals surface area contributed by atoms with Gasteiger partial charge in [-0.05, 0) is 62.0 Å². The van der Waals surface area contributed by atoms with Crippen LogP contribution in [0.2, 0.25) is 0 Å². The third kappa shape index (κ3) is 3.29. The van der Waals surface area contributed by atoms with Crippen molar-refractivity contribution in [3.05, 3.63) is 71.3 Å². The zero-order valence-electron chi connectivity index (χ0n) is 17.8. The maximum absolute atomic E-state index is 5.83. The first-order valence-electron chi connectivity index (χ1n) is 9.81. The highest BCUT2D eigenvalue weighted by molar-refractivity contribution is 7.80. The second-order valence-electron chi connectivity index (χ2n) is 7.42. The first-order chi connectivity index (χ1) is 14.5. The highest BCUT2D eigenvalue weighted by Crippen LogP contribution is 2.46. The smallest absolute Gasteiger partial charge is 0.174 e. The number of aryl methyl sites for hydroxylation is 1. The van der Waals surface area contributed by atoms with E-state index in [0.29, 0.717) is 5.11 Å². The van der Waals surface area contributed by atoms with Crippen molar-refractivity contribution in [2.24, 2.45) is 7.05 Å². The molecular formula is C23H26N4O2S. The molecule has 2 aromatic heterocycles. The second kappa shape index (κ2) is 7.99. The maximum atomic E-state index is 5.83. The van der Waals surface area contributed by atoms with E-state index in [1.54, 1.807) is 14.2 Å². The zero-order chi connectivity index (χ0) is 21.4. The van der Waals surface area contributed by atoms with Gasteiger partial charge in [0.1, 0.15) is 11.5 Å². The summed E-state index contributed by atoms with van der Waals surface area (Å²) in [6, 6.07) is 13.8. The van der Waals surface area contributed by atoms with Crippen LogP contribution in [0.5, 0.6) is 11.5 Å². The van der Waals surface area contributed by atoms with Gasteiger partial charge in [0.05, 0.1) is 37.7 Å². The third-order valence-corrected chi connectivity index (χ3v) is 6.19. The standard InChI is InChI=1S/C23H26N4O2S/c1-14-12-17(15(2)26(14)3)22-21(18-8-6-7-11-24-18)25-23(30)27(22)19-13-16(28-4)9-10-20(19)29-5/h6-13,21-22H,1-5H3,(H,25,30). The Morgan fingerprint density at radius 1 is 1.07 bits per heavy atom. The van der Waals surface area contributed by atoms with Gasteiger partial charge in [-0.2, -0.15) is 0 Å². The number of hydrogen-bond acceptors (Lipinski definition) is 4. The van der Waals surface area contributed by atoms with Crippen molar-refractivity contribution in [1.82, 2.24) is 14.9 Å². The van der Waals surface area contributed by atoms with E-state index in [1.165, 1.54) is 17.0 Å². The molecule has 2 atom stereocenters. The molecule has 1 saturated heterocycles. The molecular weight excluding hydrogens is 396 g/mol. The van der Waals surface area contributed by atoms with Crippen LogP contribution in [0.15, 0.2) is 48.7 Å². The number of methoxy groups -OCH3 is 2. The first kappa shape index (κ1) is 20.2. The maximum Gasteiger partial charge on any atom is 0.174 e. The molecule has 0 radical (unpaired) electrons. The van der Waals surface area contributed by atoms with Crippen LogP contribution in [-0.2, 0) is 7.05 Å². The third-order valence-electron chi connectivity index (χ3n) is 5.88. The first-order valence-corrected chi connectivity index (χ1v) is 10.2. The SMILES string of the molecule is COc1ccc(OC)c(N2C(=S)NC(c3ccccn3)C2c2cc(C)n(C)c2C)c1. The minimum Gasteiger partial charge on any atom is -0.497 e. The van der Waals surface area contributed by atoms with Crippen molar-refractivity contribution in [2.75, 3.05) is 19.1 Å². The van der Waals surface area contributed by atoms with Gasteiger partial charge in [-0.25, -0.2) is 0 Å². The Morgan fingerprint density at radius 2 is 1.87 bits per heavy atom. The normalized spacial score (nSPS) is 18.4. The summed E-state index contributed by atoms with van der Waals surface area (Å²) in [5, 5.41) is 4.13. The second-order valence-corrected chi connectivity index (χ2v) is 7.81. The Bertz CT molecular complexity index is 1080. The van der Waals surface area contributed by atoms with Crippen LogP contribution in [0.4, 0.5) is 5.69 Å². The predicted octanol–water partition coefficient (Wildman–Crippen LogP) is 4.23. The van der Waals surface area contributed by atoms with Gasteiger partial charge in [0.15, 0.2) is 5.11 Å². The van der Waals surface area contributed by atoms with E-state index < -0.39 is 0 Å². The Morgan fingerprint density at radius 3 is 2.47 bits per heavy atom. The molecule has 1 fully saturated rings. The summed E-state index contributed by atoms with van der Waals surface area (Å²) in [7, 11) is 5.41. The van der Waals surface area contributed by atoms with Crippen LogP contribution in [0, 0.1) is 13.8 Å². The van der Waals surface area contributed by atoms with Crippen molar-refractivity contribution < 1.29 is 9.47 Å². The summed E-state index contributed by atoms with van der Waals surface area (Å²) in [5.41, 5.74) is 5.38. The van der Waals surface area contributed by atoms with Gasteiger partial charge in [-0.15, -0.1) is 0 Å². The number of ether oxygens (including phenoxy) is 2. The quantitative estimate of drug-likeness (QED) is 0.621. The lowest BCUT2D eigenvalue weighted by atomic mass is 9.96. The Labute approximate surface area is 182 Å². The number of nitrogens with zero attached hydrogens (tertiary/aromatic N) is 3. The number of benzene rings is 1. The largest absolute Gasteiger partial charge is 0.497 e. The molecule has 2 unspecified atom stereocenters. The fourth-order valence-electron chi connectivity index (χ4n) is 4.10. The molecule has 0 bridgehead atoms. The summed E-state index contributed by atoms with van der Waals surface area (Å²) in [5.74, 6) is 1.48. The average Bonchev–Trinajstić information content (AvgIpc) is 3.24. The van der Waals surface area contributed by atoms with Gasteiger partial charge >= 0.3 is 0 Å². The molecule has 3 heterocycles. The summed E-state index contributed by atoms with van der Waals surface area (Å²) >= 11 is 5.83. The molecule has 1 aliphatic heterocycles. The lowest BCUT2D eigenvalue weighted by Crippen LogP contribution is -2.30. The minimum atomic E-state index is -0.102. The summed E-state index contributed by atoms with van der Waals surface area (Å²) in [6.07, 6.45) is 1.81. The molecule has 30 heavy (non-hydrogen) atoms. The van der Waals surface area contributed by atoms with Gasteiger partial charge in [0.2, 0.25) is 0 Å². The van der Waals surface area contributed by atoms with Gasteiger partial charge < -0.3 is 24.3 Å². The van der Waals surface area contributed by atoms with Gasteiger partial charge in [-0.3, -0.25) is 4.98 Å². The number of rotatable bonds is 5. The summed E-state index contributed by atoms with van der Waals surface area (Å²) in [6.45, 7) is 4.25. The van der Waals surface area contributed by atoms with Crippen LogP contribution >= 0.6 is 12.2 Å². The van der Waals surface area contributed by atoms with Crippen LogP contribution in [0.3, 0.4) is 0 Å².